The molecule has 0 aliphatic carbocycles. The molecule has 0 amide bonds. The topological polar surface area (TPSA) is 61.3 Å². The van der Waals surface area contributed by atoms with Crippen molar-refractivity contribution in [1.29, 1.82) is 0 Å². The zero-order valence-electron chi connectivity index (χ0n) is 10.7. The molecule has 0 saturated carbocycles. The summed E-state index contributed by atoms with van der Waals surface area (Å²) in [7, 11) is 1.43. The molecular weight excluding hydrogens is 263 g/mol. The second-order valence-corrected chi connectivity index (χ2v) is 4.17. The van der Waals surface area contributed by atoms with Gasteiger partial charge in [-0.05, 0) is 23.8 Å². The van der Waals surface area contributed by atoms with E-state index < -0.39 is 5.82 Å². The van der Waals surface area contributed by atoms with Crippen molar-refractivity contribution >= 4 is 0 Å². The van der Waals surface area contributed by atoms with Crippen LogP contribution in [0.2, 0.25) is 0 Å². The van der Waals surface area contributed by atoms with Gasteiger partial charge in [-0.2, -0.15) is 4.98 Å². The molecule has 3 rings (SSSR count). The van der Waals surface area contributed by atoms with Gasteiger partial charge in [0.15, 0.2) is 17.4 Å². The van der Waals surface area contributed by atoms with Crippen LogP contribution in [0.25, 0.3) is 11.5 Å². The molecule has 0 bridgehead atoms. The van der Waals surface area contributed by atoms with Gasteiger partial charge in [-0.25, -0.2) is 4.39 Å². The van der Waals surface area contributed by atoms with Crippen LogP contribution >= 0.6 is 0 Å². The largest absolute Gasteiger partial charge is 0.494 e. The highest BCUT2D eigenvalue weighted by molar-refractivity contribution is 5.49. The third-order valence-corrected chi connectivity index (χ3v) is 2.81. The fourth-order valence-corrected chi connectivity index (χ4v) is 1.83. The van der Waals surface area contributed by atoms with Gasteiger partial charge in [0.25, 0.3) is 5.89 Å². The number of rotatable bonds is 4. The Morgan fingerprint density at radius 2 is 2.20 bits per heavy atom. The molecule has 3 aromatic rings. The standard InChI is InChI=1S/C14H11FN2O3/c1-18-12-3-2-9(6-11(12)15)7-13-16-14(20-17-13)10-4-5-19-8-10/h2-6,8H,7H2,1H3. The van der Waals surface area contributed by atoms with Gasteiger partial charge in [-0.3, -0.25) is 0 Å². The van der Waals surface area contributed by atoms with Crippen LogP contribution in [-0.4, -0.2) is 17.3 Å². The highest BCUT2D eigenvalue weighted by atomic mass is 19.1. The Kier molecular flexibility index (Phi) is 3.20. The third kappa shape index (κ3) is 2.40. The van der Waals surface area contributed by atoms with Crippen LogP contribution in [0.3, 0.4) is 0 Å². The van der Waals surface area contributed by atoms with Crippen molar-refractivity contribution in [2.75, 3.05) is 7.11 Å². The summed E-state index contributed by atoms with van der Waals surface area (Å²) in [4.78, 5) is 4.23. The molecular formula is C14H11FN2O3. The third-order valence-electron chi connectivity index (χ3n) is 2.81. The fourth-order valence-electron chi connectivity index (χ4n) is 1.83. The molecule has 0 unspecified atom stereocenters. The molecule has 102 valence electrons. The predicted molar refractivity (Wildman–Crippen MR) is 67.8 cm³/mol. The van der Waals surface area contributed by atoms with Crippen LogP contribution in [0.5, 0.6) is 5.75 Å². The minimum Gasteiger partial charge on any atom is -0.494 e. The van der Waals surface area contributed by atoms with E-state index in [9.17, 15) is 4.39 Å². The Bertz CT molecular complexity index is 707. The fraction of sp³-hybridized carbons (Fsp3) is 0.143. The minimum atomic E-state index is -0.413. The van der Waals surface area contributed by atoms with E-state index in [-0.39, 0.29) is 5.75 Å². The maximum absolute atomic E-state index is 13.6. The summed E-state index contributed by atoms with van der Waals surface area (Å²) in [6.07, 6.45) is 3.42. The first kappa shape index (κ1) is 12.4. The Morgan fingerprint density at radius 3 is 2.90 bits per heavy atom. The summed E-state index contributed by atoms with van der Waals surface area (Å²) in [6, 6.07) is 6.45. The summed E-state index contributed by atoms with van der Waals surface area (Å²) in [5.41, 5.74) is 1.45. The van der Waals surface area contributed by atoms with Crippen LogP contribution in [0.1, 0.15) is 11.4 Å². The van der Waals surface area contributed by atoms with Gasteiger partial charge in [-0.1, -0.05) is 11.2 Å². The molecule has 0 aliphatic heterocycles. The van der Waals surface area contributed by atoms with Crippen LogP contribution in [0.4, 0.5) is 4.39 Å². The highest BCUT2D eigenvalue weighted by Gasteiger charge is 2.11. The molecule has 5 nitrogen and oxygen atoms in total. The highest BCUT2D eigenvalue weighted by Crippen LogP contribution is 2.21. The zero-order chi connectivity index (χ0) is 13.9. The molecule has 0 saturated heterocycles. The molecule has 6 heteroatoms. The number of furan rings is 1. The Labute approximate surface area is 114 Å². The lowest BCUT2D eigenvalue weighted by molar-refractivity contribution is 0.386. The minimum absolute atomic E-state index is 0.209. The van der Waals surface area contributed by atoms with Crippen molar-refractivity contribution in [2.24, 2.45) is 0 Å². The van der Waals surface area contributed by atoms with E-state index >= 15 is 0 Å². The Balaban J connectivity index is 1.80. The molecule has 0 radical (unpaired) electrons. The maximum Gasteiger partial charge on any atom is 0.261 e. The average molecular weight is 274 g/mol. The molecule has 0 N–H and O–H groups in total. The molecule has 2 aromatic heterocycles. The second-order valence-electron chi connectivity index (χ2n) is 4.17. The van der Waals surface area contributed by atoms with E-state index in [2.05, 4.69) is 10.1 Å². The zero-order valence-corrected chi connectivity index (χ0v) is 10.7. The number of hydrogen-bond donors (Lipinski definition) is 0. The number of halogens is 1. The van der Waals surface area contributed by atoms with E-state index in [1.165, 1.54) is 25.7 Å². The van der Waals surface area contributed by atoms with Crippen molar-refractivity contribution in [3.8, 4) is 17.2 Å². The molecule has 0 spiro atoms. The van der Waals surface area contributed by atoms with Gasteiger partial charge >= 0.3 is 0 Å². The van der Waals surface area contributed by atoms with Gasteiger partial charge < -0.3 is 13.7 Å². The Hall–Kier alpha value is -2.63. The molecule has 0 aliphatic rings. The quantitative estimate of drug-likeness (QED) is 0.731. The first-order valence-electron chi connectivity index (χ1n) is 5.94. The van der Waals surface area contributed by atoms with Gasteiger partial charge in [0.05, 0.1) is 18.9 Å². The number of nitrogens with zero attached hydrogens (tertiary/aromatic N) is 2. The maximum atomic E-state index is 13.6. The number of hydrogen-bond acceptors (Lipinski definition) is 5. The van der Waals surface area contributed by atoms with E-state index in [1.54, 1.807) is 18.2 Å². The van der Waals surface area contributed by atoms with Crippen LogP contribution in [0.15, 0.2) is 45.7 Å². The lowest BCUT2D eigenvalue weighted by Crippen LogP contribution is -1.94. The van der Waals surface area contributed by atoms with E-state index in [0.29, 0.717) is 23.7 Å². The van der Waals surface area contributed by atoms with Crippen molar-refractivity contribution in [2.45, 2.75) is 6.42 Å². The van der Waals surface area contributed by atoms with Crippen LogP contribution in [0, 0.1) is 5.82 Å². The average Bonchev–Trinajstić information content (AvgIpc) is 3.09. The van der Waals surface area contributed by atoms with Crippen molar-refractivity contribution in [1.82, 2.24) is 10.1 Å². The summed E-state index contributed by atoms with van der Waals surface area (Å²) in [5, 5.41) is 3.86. The summed E-state index contributed by atoms with van der Waals surface area (Å²) >= 11 is 0. The normalized spacial score (nSPS) is 10.7. The van der Waals surface area contributed by atoms with Gasteiger partial charge in [0.2, 0.25) is 0 Å². The predicted octanol–water partition coefficient (Wildman–Crippen LogP) is 3.07. The SMILES string of the molecule is COc1ccc(Cc2noc(-c3ccoc3)n2)cc1F. The van der Waals surface area contributed by atoms with Gasteiger partial charge in [-0.15, -0.1) is 0 Å². The summed E-state index contributed by atoms with van der Waals surface area (Å²) in [5.74, 6) is 0.651. The number of benzene rings is 1. The lowest BCUT2D eigenvalue weighted by Gasteiger charge is -2.03. The second kappa shape index (κ2) is 5.16. The smallest absolute Gasteiger partial charge is 0.261 e. The van der Waals surface area contributed by atoms with Crippen LogP contribution < -0.4 is 4.74 Å². The van der Waals surface area contributed by atoms with E-state index in [1.807, 2.05) is 0 Å². The lowest BCUT2D eigenvalue weighted by atomic mass is 10.1. The number of methoxy groups -OCH3 is 1. The van der Waals surface area contributed by atoms with Crippen molar-refractivity contribution in [3.05, 3.63) is 54.0 Å². The van der Waals surface area contributed by atoms with Crippen molar-refractivity contribution < 1.29 is 18.1 Å². The molecule has 1 aromatic carbocycles. The van der Waals surface area contributed by atoms with Gasteiger partial charge in [0.1, 0.15) is 6.26 Å². The number of ether oxygens (including phenoxy) is 1. The molecule has 20 heavy (non-hydrogen) atoms. The first-order valence-corrected chi connectivity index (χ1v) is 5.94. The monoisotopic (exact) mass is 274 g/mol. The molecule has 0 atom stereocenters. The Morgan fingerprint density at radius 1 is 1.30 bits per heavy atom. The van der Waals surface area contributed by atoms with E-state index in [0.717, 1.165) is 5.56 Å². The van der Waals surface area contributed by atoms with Gasteiger partial charge in [0, 0.05) is 6.42 Å². The molecule has 0 fully saturated rings. The van der Waals surface area contributed by atoms with E-state index in [4.69, 9.17) is 13.7 Å². The first-order chi connectivity index (χ1) is 9.76. The van der Waals surface area contributed by atoms with Crippen LogP contribution in [-0.2, 0) is 6.42 Å². The number of aromatic nitrogens is 2. The summed E-state index contributed by atoms with van der Waals surface area (Å²) in [6.45, 7) is 0. The molecule has 2 heterocycles. The summed E-state index contributed by atoms with van der Waals surface area (Å²) < 4.78 is 28.5. The van der Waals surface area contributed by atoms with Crippen molar-refractivity contribution in [3.63, 3.8) is 0 Å².